The Kier molecular flexibility index (Phi) is 8.44. The lowest BCUT2D eigenvalue weighted by Crippen LogP contribution is -2.35. The highest BCUT2D eigenvalue weighted by Gasteiger charge is 2.23. The first kappa shape index (κ1) is 28.2. The molecule has 208 valence electrons. The maximum Gasteiger partial charge on any atom is 0.263 e. The third kappa shape index (κ3) is 5.94. The Hall–Kier alpha value is -4.77. The molecule has 0 unspecified atom stereocenters. The molecule has 0 fully saturated rings. The number of aromatic nitrogens is 1. The summed E-state index contributed by atoms with van der Waals surface area (Å²) in [5.74, 6) is -1.98. The highest BCUT2D eigenvalue weighted by atomic mass is 19.1. The summed E-state index contributed by atoms with van der Waals surface area (Å²) < 4.78 is 45.5. The van der Waals surface area contributed by atoms with Crippen LogP contribution in [0, 0.1) is 11.6 Å². The van der Waals surface area contributed by atoms with Crippen LogP contribution in [-0.4, -0.2) is 43.9 Å². The van der Waals surface area contributed by atoms with Gasteiger partial charge in [0.15, 0.2) is 6.79 Å². The maximum atomic E-state index is 14.0. The number of methoxy groups -OCH3 is 2. The molecule has 0 aliphatic heterocycles. The van der Waals surface area contributed by atoms with Crippen molar-refractivity contribution in [1.29, 1.82) is 0 Å². The molecule has 2 amide bonds. The number of pyridine rings is 1. The predicted molar refractivity (Wildman–Crippen MR) is 147 cm³/mol. The fraction of sp³-hybridized carbons (Fsp3) is 0.207. The highest BCUT2D eigenvalue weighted by Crippen LogP contribution is 2.29. The quantitative estimate of drug-likeness (QED) is 0.298. The second kappa shape index (κ2) is 12.0. The number of nitrogens with one attached hydrogen (secondary N) is 1. The van der Waals surface area contributed by atoms with Crippen molar-refractivity contribution < 1.29 is 32.6 Å². The van der Waals surface area contributed by atoms with Gasteiger partial charge < -0.3 is 29.0 Å². The van der Waals surface area contributed by atoms with Crippen molar-refractivity contribution in [2.75, 3.05) is 37.8 Å². The molecular formula is C29H27F2N3O6. The lowest BCUT2D eigenvalue weighted by atomic mass is 10.1. The number of halogens is 2. The molecule has 4 aromatic rings. The van der Waals surface area contributed by atoms with Crippen LogP contribution in [0.3, 0.4) is 0 Å². The Morgan fingerprint density at radius 2 is 1.70 bits per heavy atom. The van der Waals surface area contributed by atoms with Gasteiger partial charge in [0.25, 0.3) is 5.91 Å². The number of amides is 2. The van der Waals surface area contributed by atoms with Gasteiger partial charge in [0.05, 0.1) is 18.3 Å². The Balaban J connectivity index is 1.98. The Morgan fingerprint density at radius 1 is 0.975 bits per heavy atom. The van der Waals surface area contributed by atoms with E-state index in [1.165, 1.54) is 33.4 Å². The van der Waals surface area contributed by atoms with E-state index >= 15 is 0 Å². The van der Waals surface area contributed by atoms with E-state index in [2.05, 4.69) is 5.32 Å². The van der Waals surface area contributed by atoms with Crippen molar-refractivity contribution >= 4 is 34.1 Å². The number of anilines is 2. The van der Waals surface area contributed by atoms with Gasteiger partial charge in [0.1, 0.15) is 28.7 Å². The van der Waals surface area contributed by atoms with E-state index in [0.29, 0.717) is 34.5 Å². The fourth-order valence-electron chi connectivity index (χ4n) is 4.29. The Labute approximate surface area is 228 Å². The lowest BCUT2D eigenvalue weighted by Gasteiger charge is -2.22. The molecule has 0 aliphatic rings. The number of ether oxygens (including phenoxy) is 3. The van der Waals surface area contributed by atoms with Crippen LogP contribution in [0.2, 0.25) is 0 Å². The molecule has 40 heavy (non-hydrogen) atoms. The molecule has 0 spiro atoms. The molecule has 0 atom stereocenters. The van der Waals surface area contributed by atoms with Crippen molar-refractivity contribution in [1.82, 2.24) is 4.57 Å². The van der Waals surface area contributed by atoms with Gasteiger partial charge in [0, 0.05) is 67.8 Å². The number of benzene rings is 3. The predicted octanol–water partition coefficient (Wildman–Crippen LogP) is 4.89. The smallest absolute Gasteiger partial charge is 0.263 e. The zero-order valence-corrected chi connectivity index (χ0v) is 22.3. The second-order valence-corrected chi connectivity index (χ2v) is 8.75. The summed E-state index contributed by atoms with van der Waals surface area (Å²) in [4.78, 5) is 40.3. The van der Waals surface area contributed by atoms with Gasteiger partial charge in [-0.2, -0.15) is 0 Å². The molecule has 0 saturated heterocycles. The van der Waals surface area contributed by atoms with E-state index in [9.17, 15) is 23.2 Å². The normalized spacial score (nSPS) is 10.8. The van der Waals surface area contributed by atoms with Crippen molar-refractivity contribution in [3.8, 4) is 17.2 Å². The van der Waals surface area contributed by atoms with Crippen LogP contribution in [0.5, 0.6) is 11.5 Å². The summed E-state index contributed by atoms with van der Waals surface area (Å²) in [6.07, 6.45) is 1.34. The minimum Gasteiger partial charge on any atom is -0.497 e. The van der Waals surface area contributed by atoms with Gasteiger partial charge in [-0.1, -0.05) is 0 Å². The largest absolute Gasteiger partial charge is 0.497 e. The van der Waals surface area contributed by atoms with E-state index in [4.69, 9.17) is 14.2 Å². The van der Waals surface area contributed by atoms with Gasteiger partial charge in [-0.25, -0.2) is 8.78 Å². The van der Waals surface area contributed by atoms with Gasteiger partial charge in [-0.15, -0.1) is 0 Å². The molecule has 0 saturated carbocycles. The average Bonchev–Trinajstić information content (AvgIpc) is 2.91. The van der Waals surface area contributed by atoms with Crippen LogP contribution >= 0.6 is 0 Å². The minimum absolute atomic E-state index is 0.0336. The Morgan fingerprint density at radius 3 is 2.33 bits per heavy atom. The minimum atomic E-state index is -0.859. The lowest BCUT2D eigenvalue weighted by molar-refractivity contribution is -0.114. The third-order valence-corrected chi connectivity index (χ3v) is 6.00. The Bertz CT molecular complexity index is 1630. The molecular weight excluding hydrogens is 524 g/mol. The topological polar surface area (TPSA) is 99.1 Å². The summed E-state index contributed by atoms with van der Waals surface area (Å²) in [6.45, 7) is 2.99. The summed E-state index contributed by atoms with van der Waals surface area (Å²) >= 11 is 0. The molecule has 9 nitrogen and oxygen atoms in total. The van der Waals surface area contributed by atoms with E-state index in [1.807, 2.05) is 0 Å². The first-order valence-corrected chi connectivity index (χ1v) is 12.2. The highest BCUT2D eigenvalue weighted by molar-refractivity contribution is 6.07. The summed E-state index contributed by atoms with van der Waals surface area (Å²) in [6, 6.07) is 12.3. The molecule has 1 heterocycles. The first-order chi connectivity index (χ1) is 19.1. The molecule has 0 aliphatic carbocycles. The monoisotopic (exact) mass is 551 g/mol. The van der Waals surface area contributed by atoms with E-state index in [-0.39, 0.29) is 35.9 Å². The summed E-state index contributed by atoms with van der Waals surface area (Å²) in [5, 5.41) is 2.89. The summed E-state index contributed by atoms with van der Waals surface area (Å²) in [5.41, 5.74) is 0.388. The van der Waals surface area contributed by atoms with Crippen LogP contribution in [0.25, 0.3) is 16.6 Å². The molecule has 4 rings (SSSR count). The second-order valence-electron chi connectivity index (χ2n) is 8.75. The van der Waals surface area contributed by atoms with Crippen LogP contribution < -0.4 is 25.1 Å². The zero-order chi connectivity index (χ0) is 29.0. The molecule has 1 aromatic heterocycles. The number of hydrogen-bond donors (Lipinski definition) is 1. The molecule has 3 aromatic carbocycles. The number of rotatable bonds is 9. The standard InChI is InChI=1S/C29H27F2N3O6/c1-5-33(21-9-18(30)8-19(31)10-21)29(37)26-15-34(22-11-20(32-17(2)35)12-24(13-22)39-4)27-14-23(40-16-38-3)6-7-25(27)28(26)36/h6-15H,5,16H2,1-4H3,(H,32,35). The number of nitrogens with zero attached hydrogens (tertiary/aromatic N) is 2. The summed E-state index contributed by atoms with van der Waals surface area (Å²) in [7, 11) is 2.93. The van der Waals surface area contributed by atoms with Crippen LogP contribution in [0.1, 0.15) is 24.2 Å². The number of fused-ring (bicyclic) bond motifs is 1. The van der Waals surface area contributed by atoms with Gasteiger partial charge >= 0.3 is 0 Å². The fourth-order valence-corrected chi connectivity index (χ4v) is 4.29. The van der Waals surface area contributed by atoms with Gasteiger partial charge in [-0.05, 0) is 37.3 Å². The molecule has 0 bridgehead atoms. The van der Waals surface area contributed by atoms with Crippen LogP contribution in [0.15, 0.2) is 65.6 Å². The number of carbonyl (C=O) groups excluding carboxylic acids is 2. The molecule has 0 radical (unpaired) electrons. The van der Waals surface area contributed by atoms with E-state index < -0.39 is 23.0 Å². The van der Waals surface area contributed by atoms with Crippen LogP contribution in [0.4, 0.5) is 20.2 Å². The number of hydrogen-bond acceptors (Lipinski definition) is 6. The molecule has 11 heteroatoms. The first-order valence-electron chi connectivity index (χ1n) is 12.2. The van der Waals surface area contributed by atoms with Crippen molar-refractivity contribution in [3.05, 3.63) is 88.2 Å². The van der Waals surface area contributed by atoms with Crippen molar-refractivity contribution in [2.24, 2.45) is 0 Å². The average molecular weight is 552 g/mol. The van der Waals surface area contributed by atoms with Crippen molar-refractivity contribution in [2.45, 2.75) is 13.8 Å². The number of carbonyl (C=O) groups is 2. The SMILES string of the molecule is CCN(C(=O)c1cn(-c2cc(NC(C)=O)cc(OC)c2)c2cc(OCOC)ccc2c1=O)c1cc(F)cc(F)c1. The van der Waals surface area contributed by atoms with E-state index in [1.54, 1.807) is 41.8 Å². The third-order valence-electron chi connectivity index (χ3n) is 6.00. The van der Waals surface area contributed by atoms with Gasteiger partial charge in [-0.3, -0.25) is 14.4 Å². The molecule has 1 N–H and O–H groups in total. The van der Waals surface area contributed by atoms with Gasteiger partial charge in [0.2, 0.25) is 11.3 Å². The van der Waals surface area contributed by atoms with Crippen molar-refractivity contribution in [3.63, 3.8) is 0 Å². The van der Waals surface area contributed by atoms with Crippen LogP contribution in [-0.2, 0) is 9.53 Å². The maximum absolute atomic E-state index is 14.0. The zero-order valence-electron chi connectivity index (χ0n) is 22.3. The van der Waals surface area contributed by atoms with E-state index in [0.717, 1.165) is 17.0 Å².